The van der Waals surface area contributed by atoms with Gasteiger partial charge in [-0.05, 0) is 37.3 Å². The minimum atomic E-state index is -2.96. The largest absolute Gasteiger partial charge is 0.493 e. The van der Waals surface area contributed by atoms with Gasteiger partial charge in [-0.3, -0.25) is 4.57 Å². The van der Waals surface area contributed by atoms with E-state index in [1.807, 2.05) is 49.4 Å². The Morgan fingerprint density at radius 3 is 2.62 bits per heavy atom. The molecule has 1 aromatic heterocycles. The first-order chi connectivity index (χ1) is 12.6. The summed E-state index contributed by atoms with van der Waals surface area (Å²) in [5.41, 5.74) is 0.0812. The highest BCUT2D eigenvalue weighted by Gasteiger charge is 2.25. The van der Waals surface area contributed by atoms with E-state index in [9.17, 15) is 9.36 Å². The summed E-state index contributed by atoms with van der Waals surface area (Å²) in [5.74, 6) is 1.10. The summed E-state index contributed by atoms with van der Waals surface area (Å²) in [6.07, 6.45) is 0. The van der Waals surface area contributed by atoms with Gasteiger partial charge in [-0.15, -0.1) is 0 Å². The van der Waals surface area contributed by atoms with Crippen LogP contribution in [0.4, 0.5) is 0 Å². The molecule has 0 aliphatic carbocycles. The van der Waals surface area contributed by atoms with Gasteiger partial charge in [-0.2, -0.15) is 0 Å². The Hall–Kier alpha value is -2.01. The molecule has 3 rings (SSSR count). The number of benzene rings is 2. The molecule has 5 nitrogen and oxygen atoms in total. The first-order valence-electron chi connectivity index (χ1n) is 8.22. The second-order valence-corrected chi connectivity index (χ2v) is 10.0. The van der Waals surface area contributed by atoms with E-state index >= 15 is 0 Å². The SMILES string of the molecule is CCOP(=O)(SCCOc1ccc2ccc(=O)oc2c1)c1ccccc1. The van der Waals surface area contributed by atoms with Crippen LogP contribution in [-0.2, 0) is 9.09 Å². The first-order valence-corrected chi connectivity index (χ1v) is 11.4. The van der Waals surface area contributed by atoms with E-state index in [-0.39, 0.29) is 0 Å². The van der Waals surface area contributed by atoms with Crippen molar-refractivity contribution >= 4 is 34.2 Å². The van der Waals surface area contributed by atoms with Crippen molar-refractivity contribution in [3.8, 4) is 5.75 Å². The maximum atomic E-state index is 13.1. The van der Waals surface area contributed by atoms with Crippen LogP contribution in [0, 0.1) is 0 Å². The van der Waals surface area contributed by atoms with Gasteiger partial charge in [0, 0.05) is 28.6 Å². The van der Waals surface area contributed by atoms with Crippen molar-refractivity contribution < 1.29 is 18.2 Å². The van der Waals surface area contributed by atoms with Crippen molar-refractivity contribution in [1.82, 2.24) is 0 Å². The third kappa shape index (κ3) is 4.58. The molecule has 0 spiro atoms. The highest BCUT2D eigenvalue weighted by molar-refractivity contribution is 8.58. The van der Waals surface area contributed by atoms with Gasteiger partial charge >= 0.3 is 5.63 Å². The van der Waals surface area contributed by atoms with E-state index in [1.165, 1.54) is 17.4 Å². The molecule has 0 radical (unpaired) electrons. The Morgan fingerprint density at radius 1 is 1.08 bits per heavy atom. The van der Waals surface area contributed by atoms with Crippen molar-refractivity contribution in [2.75, 3.05) is 19.0 Å². The summed E-state index contributed by atoms with van der Waals surface area (Å²) in [5, 5.41) is 1.52. The minimum Gasteiger partial charge on any atom is -0.493 e. The molecule has 136 valence electrons. The lowest BCUT2D eigenvalue weighted by Gasteiger charge is -2.17. The quantitative estimate of drug-likeness (QED) is 0.321. The maximum absolute atomic E-state index is 13.1. The van der Waals surface area contributed by atoms with Gasteiger partial charge in [0.25, 0.3) is 6.57 Å². The first kappa shape index (κ1) is 18.8. The zero-order valence-electron chi connectivity index (χ0n) is 14.3. The fourth-order valence-corrected chi connectivity index (χ4v) is 6.36. The van der Waals surface area contributed by atoms with Crippen molar-refractivity contribution in [1.29, 1.82) is 0 Å². The molecular formula is C19H19O5PS. The van der Waals surface area contributed by atoms with Crippen LogP contribution in [0.1, 0.15) is 6.92 Å². The minimum absolute atomic E-state index is 0.358. The Balaban J connectivity index is 1.62. The zero-order valence-corrected chi connectivity index (χ0v) is 16.0. The van der Waals surface area contributed by atoms with Crippen molar-refractivity contribution in [3.05, 3.63) is 71.1 Å². The number of hydrogen-bond acceptors (Lipinski definition) is 6. The molecular weight excluding hydrogens is 371 g/mol. The molecule has 1 atom stereocenters. The number of ether oxygens (including phenoxy) is 1. The van der Waals surface area contributed by atoms with Gasteiger partial charge in [0.15, 0.2) is 0 Å². The van der Waals surface area contributed by atoms with Crippen LogP contribution in [0.25, 0.3) is 11.0 Å². The van der Waals surface area contributed by atoms with Crippen molar-refractivity contribution in [2.24, 2.45) is 0 Å². The Bertz CT molecular complexity index is 970. The third-order valence-corrected chi connectivity index (χ3v) is 8.31. The van der Waals surface area contributed by atoms with Gasteiger partial charge in [-0.25, -0.2) is 4.79 Å². The molecule has 2 aromatic carbocycles. The number of rotatable bonds is 8. The van der Waals surface area contributed by atoms with Crippen LogP contribution in [-0.4, -0.2) is 19.0 Å². The van der Waals surface area contributed by atoms with Gasteiger partial charge in [0.05, 0.1) is 13.2 Å². The summed E-state index contributed by atoms with van der Waals surface area (Å²) in [6.45, 7) is -0.396. The maximum Gasteiger partial charge on any atom is 0.336 e. The topological polar surface area (TPSA) is 65.7 Å². The van der Waals surface area contributed by atoms with E-state index in [0.29, 0.717) is 35.6 Å². The molecule has 0 saturated carbocycles. The van der Waals surface area contributed by atoms with E-state index in [2.05, 4.69) is 0 Å². The second-order valence-electron chi connectivity index (χ2n) is 5.39. The smallest absolute Gasteiger partial charge is 0.336 e. The Morgan fingerprint density at radius 2 is 1.85 bits per heavy atom. The van der Waals surface area contributed by atoms with E-state index in [4.69, 9.17) is 13.7 Å². The average Bonchev–Trinajstić information content (AvgIpc) is 2.66. The number of fused-ring (bicyclic) bond motifs is 1. The van der Waals surface area contributed by atoms with Crippen LogP contribution >= 0.6 is 18.0 Å². The predicted octanol–water partition coefficient (Wildman–Crippen LogP) is 4.46. The molecule has 0 aliphatic heterocycles. The Kier molecular flexibility index (Phi) is 6.20. The molecule has 0 amide bonds. The standard InChI is InChI=1S/C19H19O5PS/c1-2-23-25(21,17-6-4-3-5-7-17)26-13-12-22-16-10-8-15-9-11-19(20)24-18(15)14-16/h3-11,14H,2,12-13H2,1H3. The lowest BCUT2D eigenvalue weighted by atomic mass is 10.2. The van der Waals surface area contributed by atoms with E-state index in [1.54, 1.807) is 12.1 Å². The fraction of sp³-hybridized carbons (Fsp3) is 0.211. The monoisotopic (exact) mass is 390 g/mol. The van der Waals surface area contributed by atoms with E-state index in [0.717, 1.165) is 5.39 Å². The summed E-state index contributed by atoms with van der Waals surface area (Å²) in [6, 6.07) is 17.6. The van der Waals surface area contributed by atoms with E-state index < -0.39 is 12.2 Å². The Labute approximate surface area is 155 Å². The molecule has 1 heterocycles. The molecule has 1 unspecified atom stereocenters. The van der Waals surface area contributed by atoms with Gasteiger partial charge in [0.1, 0.15) is 11.3 Å². The summed E-state index contributed by atoms with van der Waals surface area (Å²) >= 11 is 1.26. The highest BCUT2D eigenvalue weighted by Crippen LogP contribution is 2.58. The summed E-state index contributed by atoms with van der Waals surface area (Å²) in [4.78, 5) is 11.3. The lowest BCUT2D eigenvalue weighted by molar-refractivity contribution is 0.342. The van der Waals surface area contributed by atoms with Gasteiger partial charge < -0.3 is 13.7 Å². The normalized spacial score (nSPS) is 13.4. The fourth-order valence-electron chi connectivity index (χ4n) is 2.41. The molecule has 0 bridgehead atoms. The summed E-state index contributed by atoms with van der Waals surface area (Å²) in [7, 11) is 0. The second kappa shape index (κ2) is 8.58. The number of hydrogen-bond donors (Lipinski definition) is 0. The van der Waals surface area contributed by atoms with Crippen LogP contribution in [0.5, 0.6) is 5.75 Å². The molecule has 0 aliphatic rings. The zero-order chi connectivity index (χ0) is 18.4. The third-order valence-electron chi connectivity index (χ3n) is 3.58. The van der Waals surface area contributed by atoms with Crippen LogP contribution in [0.2, 0.25) is 0 Å². The summed E-state index contributed by atoms with van der Waals surface area (Å²) < 4.78 is 29.5. The van der Waals surface area contributed by atoms with Crippen LogP contribution in [0.3, 0.4) is 0 Å². The lowest BCUT2D eigenvalue weighted by Crippen LogP contribution is -2.07. The van der Waals surface area contributed by atoms with Crippen LogP contribution in [0.15, 0.2) is 69.9 Å². The van der Waals surface area contributed by atoms with Crippen molar-refractivity contribution in [2.45, 2.75) is 6.92 Å². The highest BCUT2D eigenvalue weighted by atomic mass is 32.7. The van der Waals surface area contributed by atoms with Crippen molar-refractivity contribution in [3.63, 3.8) is 0 Å². The molecule has 0 saturated heterocycles. The van der Waals surface area contributed by atoms with Crippen LogP contribution < -0.4 is 15.7 Å². The average molecular weight is 390 g/mol. The van der Waals surface area contributed by atoms with Gasteiger partial charge in [0.2, 0.25) is 0 Å². The van der Waals surface area contributed by atoms with Gasteiger partial charge in [-0.1, -0.05) is 29.6 Å². The molecule has 0 N–H and O–H groups in total. The molecule has 7 heteroatoms. The molecule has 3 aromatic rings. The molecule has 26 heavy (non-hydrogen) atoms. The molecule has 0 fully saturated rings. The predicted molar refractivity (Wildman–Crippen MR) is 106 cm³/mol.